The fourth-order valence-electron chi connectivity index (χ4n) is 3.22. The first-order valence-electron chi connectivity index (χ1n) is 10.00. The third-order valence-corrected chi connectivity index (χ3v) is 4.82. The molecule has 2 heterocycles. The minimum absolute atomic E-state index is 0.273. The van der Waals surface area contributed by atoms with Crippen LogP contribution in [0, 0.1) is 5.53 Å². The molecule has 1 aromatic carbocycles. The van der Waals surface area contributed by atoms with E-state index in [1.807, 2.05) is 30.3 Å². The first-order chi connectivity index (χ1) is 14.7. The number of benzene rings is 1. The van der Waals surface area contributed by atoms with Gasteiger partial charge in [0.1, 0.15) is 5.82 Å². The van der Waals surface area contributed by atoms with Gasteiger partial charge < -0.3 is 16.4 Å². The Morgan fingerprint density at radius 2 is 2.07 bits per heavy atom. The van der Waals surface area contributed by atoms with Gasteiger partial charge in [0.2, 0.25) is 0 Å². The molecule has 2 aromatic rings. The van der Waals surface area contributed by atoms with Gasteiger partial charge in [-0.15, -0.1) is 0 Å². The van der Waals surface area contributed by atoms with Crippen molar-refractivity contribution in [3.05, 3.63) is 71.1 Å². The Hall–Kier alpha value is -3.52. The third kappa shape index (κ3) is 5.99. The number of anilines is 2. The summed E-state index contributed by atoms with van der Waals surface area (Å²) >= 11 is 0. The van der Waals surface area contributed by atoms with Crippen molar-refractivity contribution >= 4 is 23.6 Å². The fourth-order valence-corrected chi connectivity index (χ4v) is 3.22. The predicted molar refractivity (Wildman–Crippen MR) is 119 cm³/mol. The molecule has 3 rings (SSSR count). The van der Waals surface area contributed by atoms with Gasteiger partial charge in [-0.2, -0.15) is 5.11 Å². The van der Waals surface area contributed by atoms with Crippen molar-refractivity contribution in [3.8, 4) is 0 Å². The Balaban J connectivity index is 1.50. The maximum atomic E-state index is 12.2. The molecular formula is C22H27N7O. The standard InChI is InChI=1S/C22H27N7O/c23-13-18(15-27-24)17-12-20-19(26-14-17)9-10-21(28-20)29-22(30)25-11-5-4-8-16-6-2-1-3-7-16/h1-3,6-7,9-10,12,15,24,26H,4-5,8,11,13-14,23H2,(H2,25,28,29,30)/b18-15+,27-24?. The Kier molecular flexibility index (Phi) is 7.68. The third-order valence-electron chi connectivity index (χ3n) is 4.82. The highest BCUT2D eigenvalue weighted by Crippen LogP contribution is 2.26. The van der Waals surface area contributed by atoms with Crippen LogP contribution in [0.4, 0.5) is 16.3 Å². The van der Waals surface area contributed by atoms with E-state index in [1.165, 1.54) is 11.8 Å². The van der Waals surface area contributed by atoms with Crippen LogP contribution in [0.2, 0.25) is 0 Å². The molecule has 6 N–H and O–H groups in total. The van der Waals surface area contributed by atoms with Gasteiger partial charge in [-0.25, -0.2) is 15.3 Å². The number of rotatable bonds is 9. The largest absolute Gasteiger partial charge is 0.379 e. The second-order valence-corrected chi connectivity index (χ2v) is 6.96. The van der Waals surface area contributed by atoms with E-state index < -0.39 is 0 Å². The number of unbranched alkanes of at least 4 members (excludes halogenated alkanes) is 1. The predicted octanol–water partition coefficient (Wildman–Crippen LogP) is 3.91. The minimum Gasteiger partial charge on any atom is -0.379 e. The number of nitrogens with two attached hydrogens (primary N) is 1. The van der Waals surface area contributed by atoms with Crippen molar-refractivity contribution in [3.63, 3.8) is 0 Å². The van der Waals surface area contributed by atoms with E-state index in [0.29, 0.717) is 24.6 Å². The lowest BCUT2D eigenvalue weighted by molar-refractivity contribution is 0.252. The highest BCUT2D eigenvalue weighted by molar-refractivity contribution is 5.88. The van der Waals surface area contributed by atoms with Crippen molar-refractivity contribution in [1.82, 2.24) is 10.3 Å². The van der Waals surface area contributed by atoms with Crippen molar-refractivity contribution in [1.29, 1.82) is 5.53 Å². The summed E-state index contributed by atoms with van der Waals surface area (Å²) in [6.07, 6.45) is 6.27. The van der Waals surface area contributed by atoms with E-state index >= 15 is 0 Å². The van der Waals surface area contributed by atoms with Crippen molar-refractivity contribution < 1.29 is 4.79 Å². The van der Waals surface area contributed by atoms with Crippen LogP contribution in [0.5, 0.6) is 0 Å². The highest BCUT2D eigenvalue weighted by atomic mass is 16.2. The number of pyridine rings is 1. The maximum absolute atomic E-state index is 12.2. The normalized spacial score (nSPS) is 13.0. The van der Waals surface area contributed by atoms with E-state index in [0.717, 1.165) is 36.1 Å². The molecule has 0 saturated carbocycles. The molecule has 30 heavy (non-hydrogen) atoms. The second-order valence-electron chi connectivity index (χ2n) is 6.96. The van der Waals surface area contributed by atoms with Crippen LogP contribution in [0.15, 0.2) is 64.9 Å². The average Bonchev–Trinajstić information content (AvgIpc) is 2.77. The number of carbonyl (C=O) groups is 1. The van der Waals surface area contributed by atoms with Crippen LogP contribution in [0.25, 0.3) is 6.08 Å². The maximum Gasteiger partial charge on any atom is 0.320 e. The lowest BCUT2D eigenvalue weighted by Crippen LogP contribution is -2.30. The van der Waals surface area contributed by atoms with Gasteiger partial charge in [-0.1, -0.05) is 30.3 Å². The highest BCUT2D eigenvalue weighted by Gasteiger charge is 2.14. The number of carbonyl (C=O) groups excluding carboxylic acids is 1. The SMILES string of the molecule is N=N/C=C(\CN)C1=Cc2nc(NC(=O)NCCCCc3ccccc3)ccc2NC1. The molecule has 0 saturated heterocycles. The number of aryl methyl sites for hydroxylation is 1. The van der Waals surface area contributed by atoms with E-state index in [9.17, 15) is 4.79 Å². The van der Waals surface area contributed by atoms with Crippen molar-refractivity contribution in [2.75, 3.05) is 30.3 Å². The minimum atomic E-state index is -0.273. The second kappa shape index (κ2) is 10.9. The summed E-state index contributed by atoms with van der Waals surface area (Å²) < 4.78 is 0. The first kappa shape index (κ1) is 21.2. The number of nitrogens with zero attached hydrogens (tertiary/aromatic N) is 2. The van der Waals surface area contributed by atoms with E-state index in [-0.39, 0.29) is 12.6 Å². The van der Waals surface area contributed by atoms with Crippen LogP contribution >= 0.6 is 0 Å². The molecule has 0 bridgehead atoms. The average molecular weight is 406 g/mol. The molecule has 1 aromatic heterocycles. The molecule has 8 heteroatoms. The Labute approximate surface area is 176 Å². The number of aromatic nitrogens is 1. The molecule has 0 aliphatic carbocycles. The van der Waals surface area contributed by atoms with Gasteiger partial charge in [0.25, 0.3) is 0 Å². The summed E-state index contributed by atoms with van der Waals surface area (Å²) in [5.41, 5.74) is 17.4. The van der Waals surface area contributed by atoms with Crippen molar-refractivity contribution in [2.45, 2.75) is 19.3 Å². The molecule has 1 aliphatic heterocycles. The van der Waals surface area contributed by atoms with Crippen LogP contribution in [0.1, 0.15) is 24.1 Å². The molecular weight excluding hydrogens is 378 g/mol. The molecule has 0 fully saturated rings. The monoisotopic (exact) mass is 405 g/mol. The zero-order chi connectivity index (χ0) is 21.2. The van der Waals surface area contributed by atoms with Crippen LogP contribution in [-0.4, -0.2) is 30.6 Å². The van der Waals surface area contributed by atoms with Gasteiger partial charge in [0, 0.05) is 19.6 Å². The van der Waals surface area contributed by atoms with E-state index in [4.69, 9.17) is 11.3 Å². The molecule has 8 nitrogen and oxygen atoms in total. The number of hydrogen-bond acceptors (Lipinski definition) is 6. The Bertz CT molecular complexity index is 938. The van der Waals surface area contributed by atoms with E-state index in [1.54, 1.807) is 6.07 Å². The number of urea groups is 1. The lowest BCUT2D eigenvalue weighted by Gasteiger charge is -2.20. The van der Waals surface area contributed by atoms with Gasteiger partial charge in [-0.3, -0.25) is 5.32 Å². The number of amides is 2. The molecule has 0 spiro atoms. The Morgan fingerprint density at radius 3 is 2.83 bits per heavy atom. The van der Waals surface area contributed by atoms with Gasteiger partial charge in [0.05, 0.1) is 17.6 Å². The fraction of sp³-hybridized carbons (Fsp3) is 0.273. The van der Waals surface area contributed by atoms with E-state index in [2.05, 4.69) is 38.2 Å². The molecule has 0 radical (unpaired) electrons. The van der Waals surface area contributed by atoms with Gasteiger partial charge >= 0.3 is 6.03 Å². The Morgan fingerprint density at radius 1 is 1.23 bits per heavy atom. The van der Waals surface area contributed by atoms with Gasteiger partial charge in [0.15, 0.2) is 0 Å². The first-order valence-corrected chi connectivity index (χ1v) is 10.00. The molecule has 0 atom stereocenters. The lowest BCUT2D eigenvalue weighted by atomic mass is 10.0. The smallest absolute Gasteiger partial charge is 0.320 e. The summed E-state index contributed by atoms with van der Waals surface area (Å²) in [5, 5.41) is 12.2. The number of fused-ring (bicyclic) bond motifs is 1. The quantitative estimate of drug-likeness (QED) is 0.320. The zero-order valence-corrected chi connectivity index (χ0v) is 16.8. The molecule has 2 amide bonds. The topological polar surface area (TPSA) is 128 Å². The summed E-state index contributed by atoms with van der Waals surface area (Å²) in [5.74, 6) is 0.471. The van der Waals surface area contributed by atoms with Crippen LogP contribution in [0.3, 0.4) is 0 Å². The number of nitrogens with one attached hydrogen (secondary N) is 4. The zero-order valence-electron chi connectivity index (χ0n) is 16.8. The summed E-state index contributed by atoms with van der Waals surface area (Å²) in [4.78, 5) is 16.7. The van der Waals surface area contributed by atoms with Crippen LogP contribution in [-0.2, 0) is 6.42 Å². The molecule has 1 aliphatic rings. The molecule has 156 valence electrons. The summed E-state index contributed by atoms with van der Waals surface area (Å²) in [7, 11) is 0. The summed E-state index contributed by atoms with van der Waals surface area (Å²) in [6.45, 7) is 1.48. The number of hydrogen-bond donors (Lipinski definition) is 5. The van der Waals surface area contributed by atoms with Gasteiger partial charge in [-0.05, 0) is 54.2 Å². The molecule has 0 unspecified atom stereocenters. The van der Waals surface area contributed by atoms with Crippen LogP contribution < -0.4 is 21.7 Å². The summed E-state index contributed by atoms with van der Waals surface area (Å²) in [6, 6.07) is 13.7. The van der Waals surface area contributed by atoms with Crippen molar-refractivity contribution in [2.24, 2.45) is 10.8 Å².